The van der Waals surface area contributed by atoms with E-state index in [1.54, 1.807) is 16.7 Å². The maximum Gasteiger partial charge on any atom is 0.269 e. The van der Waals surface area contributed by atoms with Crippen molar-refractivity contribution in [3.05, 3.63) is 45.6 Å². The molecule has 2 amide bonds. The van der Waals surface area contributed by atoms with Crippen LogP contribution in [0.25, 0.3) is 11.2 Å². The van der Waals surface area contributed by atoms with Gasteiger partial charge in [-0.3, -0.25) is 19.5 Å². The highest BCUT2D eigenvalue weighted by Crippen LogP contribution is 2.23. The third-order valence-corrected chi connectivity index (χ3v) is 5.04. The number of nitrogens with zero attached hydrogens (tertiary/aromatic N) is 4. The van der Waals surface area contributed by atoms with Gasteiger partial charge in [-0.25, -0.2) is 15.0 Å². The van der Waals surface area contributed by atoms with Crippen molar-refractivity contribution in [2.75, 3.05) is 11.9 Å². The summed E-state index contributed by atoms with van der Waals surface area (Å²) in [5.74, 6) is -0.550. The van der Waals surface area contributed by atoms with Crippen molar-refractivity contribution in [2.45, 2.75) is 26.8 Å². The Hall–Kier alpha value is -3.11. The summed E-state index contributed by atoms with van der Waals surface area (Å²) in [5, 5.41) is 3.67. The highest BCUT2D eigenvalue weighted by molar-refractivity contribution is 7.13. The Morgan fingerprint density at radius 2 is 2.11 bits per heavy atom. The SMILES string of the molecule is CCc1nc(C)sc1C(=O)Nc1nc2cc(C(N)=O)cnc2n1C/C=C/CN. The van der Waals surface area contributed by atoms with Gasteiger partial charge in [0.15, 0.2) is 5.65 Å². The van der Waals surface area contributed by atoms with Crippen LogP contribution in [0.3, 0.4) is 0 Å². The summed E-state index contributed by atoms with van der Waals surface area (Å²) < 4.78 is 1.74. The first-order chi connectivity index (χ1) is 13.4. The number of primary amides is 1. The van der Waals surface area contributed by atoms with E-state index < -0.39 is 5.91 Å². The van der Waals surface area contributed by atoms with Crippen LogP contribution in [-0.2, 0) is 13.0 Å². The second-order valence-electron chi connectivity index (χ2n) is 6.00. The van der Waals surface area contributed by atoms with Crippen molar-refractivity contribution < 1.29 is 9.59 Å². The summed E-state index contributed by atoms with van der Waals surface area (Å²) in [5.41, 5.74) is 12.8. The number of imidazole rings is 1. The molecule has 0 fully saturated rings. The Bertz CT molecular complexity index is 1070. The van der Waals surface area contributed by atoms with Gasteiger partial charge in [0.05, 0.1) is 16.3 Å². The van der Waals surface area contributed by atoms with Crippen LogP contribution in [0.1, 0.15) is 37.7 Å². The molecule has 3 aromatic heterocycles. The number of aryl methyl sites for hydroxylation is 2. The highest BCUT2D eigenvalue weighted by atomic mass is 32.1. The average Bonchev–Trinajstić information content (AvgIpc) is 3.21. The fraction of sp³-hybridized carbons (Fsp3) is 0.278. The molecule has 0 bridgehead atoms. The van der Waals surface area contributed by atoms with Crippen LogP contribution in [0.2, 0.25) is 0 Å². The smallest absolute Gasteiger partial charge is 0.269 e. The average molecular weight is 399 g/mol. The molecule has 0 spiro atoms. The first-order valence-electron chi connectivity index (χ1n) is 8.73. The molecule has 28 heavy (non-hydrogen) atoms. The molecule has 0 aliphatic rings. The molecule has 0 unspecified atom stereocenters. The third kappa shape index (κ3) is 3.92. The molecule has 10 heteroatoms. The number of hydrogen-bond acceptors (Lipinski definition) is 7. The number of nitrogens with one attached hydrogen (secondary N) is 1. The number of aromatic nitrogens is 4. The largest absolute Gasteiger partial charge is 0.366 e. The zero-order valence-corrected chi connectivity index (χ0v) is 16.4. The molecule has 3 heterocycles. The lowest BCUT2D eigenvalue weighted by Gasteiger charge is -2.07. The molecule has 0 saturated heterocycles. The summed E-state index contributed by atoms with van der Waals surface area (Å²) >= 11 is 1.34. The van der Waals surface area contributed by atoms with E-state index in [0.717, 1.165) is 10.7 Å². The number of fused-ring (bicyclic) bond motifs is 1. The summed E-state index contributed by atoms with van der Waals surface area (Å²) in [6.07, 6.45) is 5.71. The molecule has 0 radical (unpaired) electrons. The van der Waals surface area contributed by atoms with E-state index in [1.807, 2.05) is 19.9 Å². The number of allylic oxidation sites excluding steroid dienone is 1. The number of anilines is 1. The second-order valence-corrected chi connectivity index (χ2v) is 7.20. The fourth-order valence-electron chi connectivity index (χ4n) is 2.74. The second kappa shape index (κ2) is 8.28. The van der Waals surface area contributed by atoms with Crippen LogP contribution in [0.4, 0.5) is 5.95 Å². The summed E-state index contributed by atoms with van der Waals surface area (Å²) in [7, 11) is 0. The minimum Gasteiger partial charge on any atom is -0.366 e. The molecule has 0 saturated carbocycles. The predicted octanol–water partition coefficient (Wildman–Crippen LogP) is 1.62. The first-order valence-corrected chi connectivity index (χ1v) is 9.55. The molecule has 3 rings (SSSR count). The molecular formula is C18H21N7O2S. The molecule has 0 atom stereocenters. The van der Waals surface area contributed by atoms with Crippen LogP contribution in [0.5, 0.6) is 0 Å². The van der Waals surface area contributed by atoms with Crippen molar-refractivity contribution in [1.82, 2.24) is 19.5 Å². The molecule has 5 N–H and O–H groups in total. The van der Waals surface area contributed by atoms with Crippen LogP contribution in [0.15, 0.2) is 24.4 Å². The number of rotatable bonds is 7. The van der Waals surface area contributed by atoms with Crippen molar-refractivity contribution in [2.24, 2.45) is 11.5 Å². The Labute approximate surface area is 165 Å². The topological polar surface area (TPSA) is 142 Å². The molecule has 0 aliphatic heterocycles. The zero-order valence-electron chi connectivity index (χ0n) is 15.6. The van der Waals surface area contributed by atoms with Crippen LogP contribution < -0.4 is 16.8 Å². The first kappa shape index (κ1) is 19.6. The summed E-state index contributed by atoms with van der Waals surface area (Å²) in [6.45, 7) is 4.62. The Morgan fingerprint density at radius 1 is 1.32 bits per heavy atom. The van der Waals surface area contributed by atoms with E-state index >= 15 is 0 Å². The molecule has 146 valence electrons. The van der Waals surface area contributed by atoms with Gasteiger partial charge in [-0.1, -0.05) is 19.1 Å². The molecule has 9 nitrogen and oxygen atoms in total. The van der Waals surface area contributed by atoms with Crippen molar-refractivity contribution in [1.29, 1.82) is 0 Å². The van der Waals surface area contributed by atoms with Gasteiger partial charge in [0.1, 0.15) is 10.4 Å². The van der Waals surface area contributed by atoms with E-state index in [2.05, 4.69) is 20.3 Å². The lowest BCUT2D eigenvalue weighted by molar-refractivity contribution is 0.0997. The van der Waals surface area contributed by atoms with Gasteiger partial charge in [0.25, 0.3) is 5.91 Å². The minimum atomic E-state index is -0.592. The Kier molecular flexibility index (Phi) is 5.81. The molecule has 3 aromatic rings. The lowest BCUT2D eigenvalue weighted by atomic mass is 10.2. The minimum absolute atomic E-state index is 0.249. The van der Waals surface area contributed by atoms with E-state index in [9.17, 15) is 9.59 Å². The number of carbonyl (C=O) groups is 2. The van der Waals surface area contributed by atoms with E-state index in [0.29, 0.717) is 41.5 Å². The van der Waals surface area contributed by atoms with Crippen molar-refractivity contribution in [3.63, 3.8) is 0 Å². The number of pyridine rings is 1. The van der Waals surface area contributed by atoms with E-state index in [1.165, 1.54) is 17.5 Å². The van der Waals surface area contributed by atoms with Gasteiger partial charge >= 0.3 is 0 Å². The molecular weight excluding hydrogens is 378 g/mol. The van der Waals surface area contributed by atoms with Gasteiger partial charge in [-0.05, 0) is 19.4 Å². The number of amides is 2. The van der Waals surface area contributed by atoms with Crippen molar-refractivity contribution >= 4 is 40.3 Å². The van der Waals surface area contributed by atoms with Gasteiger partial charge in [0, 0.05) is 19.3 Å². The maximum atomic E-state index is 12.8. The van der Waals surface area contributed by atoms with Gasteiger partial charge in [0.2, 0.25) is 11.9 Å². The van der Waals surface area contributed by atoms with E-state index in [4.69, 9.17) is 11.5 Å². The van der Waals surface area contributed by atoms with Gasteiger partial charge < -0.3 is 11.5 Å². The fourth-order valence-corrected chi connectivity index (χ4v) is 3.64. The van der Waals surface area contributed by atoms with Crippen molar-refractivity contribution in [3.8, 4) is 0 Å². The van der Waals surface area contributed by atoms with Crippen LogP contribution in [-0.4, -0.2) is 37.9 Å². The number of carbonyl (C=O) groups excluding carboxylic acids is 2. The van der Waals surface area contributed by atoms with Crippen LogP contribution >= 0.6 is 11.3 Å². The maximum absolute atomic E-state index is 12.8. The molecule has 0 aromatic carbocycles. The lowest BCUT2D eigenvalue weighted by Crippen LogP contribution is -2.16. The normalized spacial score (nSPS) is 11.4. The Morgan fingerprint density at radius 3 is 2.79 bits per heavy atom. The van der Waals surface area contributed by atoms with Gasteiger partial charge in [-0.2, -0.15) is 0 Å². The Balaban J connectivity index is 2.02. The van der Waals surface area contributed by atoms with Gasteiger partial charge in [-0.15, -0.1) is 11.3 Å². The standard InChI is InChI=1S/C18H21N7O2S/c1-3-12-14(28-10(2)22-12)17(27)24-18-23-13-8-11(15(20)26)9-21-16(13)25(18)7-5-4-6-19/h4-5,8-9H,3,6-7,19H2,1-2H3,(H2,20,26)(H,23,24,27)/b5-4+. The summed E-state index contributed by atoms with van der Waals surface area (Å²) in [6, 6.07) is 1.55. The quantitative estimate of drug-likeness (QED) is 0.515. The summed E-state index contributed by atoms with van der Waals surface area (Å²) in [4.78, 5) is 37.9. The zero-order chi connectivity index (χ0) is 20.3. The number of nitrogens with two attached hydrogens (primary N) is 2. The third-order valence-electron chi connectivity index (χ3n) is 4.03. The molecule has 0 aliphatic carbocycles. The number of hydrogen-bond donors (Lipinski definition) is 3. The highest BCUT2D eigenvalue weighted by Gasteiger charge is 2.20. The monoisotopic (exact) mass is 399 g/mol. The number of thiazole rings is 1. The van der Waals surface area contributed by atoms with E-state index in [-0.39, 0.29) is 11.5 Å². The van der Waals surface area contributed by atoms with Crippen LogP contribution in [0, 0.1) is 6.92 Å². The predicted molar refractivity (Wildman–Crippen MR) is 108 cm³/mol.